The number of allylic oxidation sites excluding steroid dienone is 2. The van der Waals surface area contributed by atoms with E-state index in [1.165, 1.54) is 0 Å². The first-order valence-corrected chi connectivity index (χ1v) is 7.65. The molecule has 0 atom stereocenters. The molecule has 2 aromatic rings. The molecule has 5 nitrogen and oxygen atoms in total. The number of hydrogen-bond donors (Lipinski definition) is 1. The number of carbonyl (C=O) groups is 1. The van der Waals surface area contributed by atoms with Crippen molar-refractivity contribution in [2.45, 2.75) is 13.5 Å². The van der Waals surface area contributed by atoms with Crippen molar-refractivity contribution >= 4 is 5.78 Å². The normalized spacial score (nSPS) is 12.8. The lowest BCUT2D eigenvalue weighted by atomic mass is 10.1. The fourth-order valence-electron chi connectivity index (χ4n) is 2.38. The lowest BCUT2D eigenvalue weighted by Crippen LogP contribution is -2.12. The highest BCUT2D eigenvalue weighted by atomic mass is 16.7. The second-order valence-electron chi connectivity index (χ2n) is 5.46. The van der Waals surface area contributed by atoms with Crippen molar-refractivity contribution < 1.29 is 19.0 Å². The van der Waals surface area contributed by atoms with Crippen LogP contribution in [0.25, 0.3) is 0 Å². The molecule has 124 valence electrons. The van der Waals surface area contributed by atoms with Gasteiger partial charge in [0.1, 0.15) is 5.75 Å². The van der Waals surface area contributed by atoms with Crippen molar-refractivity contribution in [3.63, 3.8) is 0 Å². The molecule has 3 rings (SSSR count). The van der Waals surface area contributed by atoms with Gasteiger partial charge in [-0.3, -0.25) is 4.79 Å². The van der Waals surface area contributed by atoms with E-state index in [0.717, 1.165) is 28.5 Å². The molecule has 0 saturated heterocycles. The second kappa shape index (κ2) is 7.08. The third-order valence-corrected chi connectivity index (χ3v) is 3.73. The number of methoxy groups -OCH3 is 1. The van der Waals surface area contributed by atoms with Gasteiger partial charge in [-0.1, -0.05) is 6.07 Å². The summed E-state index contributed by atoms with van der Waals surface area (Å²) >= 11 is 0. The fourth-order valence-corrected chi connectivity index (χ4v) is 2.38. The molecule has 0 unspecified atom stereocenters. The van der Waals surface area contributed by atoms with Gasteiger partial charge < -0.3 is 19.5 Å². The number of carbonyl (C=O) groups excluding carboxylic acids is 1. The Kier molecular flexibility index (Phi) is 4.70. The second-order valence-corrected chi connectivity index (χ2v) is 5.46. The largest absolute Gasteiger partial charge is 0.497 e. The summed E-state index contributed by atoms with van der Waals surface area (Å²) in [6.07, 6.45) is 1.59. The average Bonchev–Trinajstić information content (AvgIpc) is 3.07. The smallest absolute Gasteiger partial charge is 0.231 e. The van der Waals surface area contributed by atoms with Crippen LogP contribution in [0.1, 0.15) is 22.8 Å². The van der Waals surface area contributed by atoms with Crippen molar-refractivity contribution in [2.75, 3.05) is 13.9 Å². The van der Waals surface area contributed by atoms with Crippen LogP contribution in [0.2, 0.25) is 0 Å². The Morgan fingerprint density at radius 3 is 2.67 bits per heavy atom. The van der Waals surface area contributed by atoms with Crippen LogP contribution in [0, 0.1) is 0 Å². The summed E-state index contributed by atoms with van der Waals surface area (Å²) in [5.74, 6) is 2.20. The zero-order valence-electron chi connectivity index (χ0n) is 13.7. The lowest BCUT2D eigenvalue weighted by molar-refractivity contribution is 0.104. The Hall–Kier alpha value is -2.95. The summed E-state index contributed by atoms with van der Waals surface area (Å²) in [6.45, 7) is 2.74. The van der Waals surface area contributed by atoms with Gasteiger partial charge in [0.2, 0.25) is 6.79 Å². The molecule has 0 bridgehead atoms. The number of hydrogen-bond acceptors (Lipinski definition) is 5. The Bertz CT molecular complexity index is 765. The maximum atomic E-state index is 12.2. The fraction of sp³-hybridized carbons (Fsp3) is 0.211. The molecule has 24 heavy (non-hydrogen) atoms. The zero-order valence-corrected chi connectivity index (χ0v) is 13.7. The minimum absolute atomic E-state index is 0.0478. The first-order chi connectivity index (χ1) is 11.7. The highest BCUT2D eigenvalue weighted by molar-refractivity contribution is 6.04. The standard InChI is InChI=1S/C19H19NO4/c1-13(9-17(21)15-4-6-16(22-2)7-5-15)20-11-14-3-8-18-19(10-14)24-12-23-18/h3-10,20H,11-12H2,1-2H3/b13-9-. The maximum Gasteiger partial charge on any atom is 0.231 e. The van der Waals surface area contributed by atoms with Crippen LogP contribution in [0.3, 0.4) is 0 Å². The number of rotatable bonds is 6. The summed E-state index contributed by atoms with van der Waals surface area (Å²) < 4.78 is 15.7. The molecule has 0 radical (unpaired) electrons. The van der Waals surface area contributed by atoms with Gasteiger partial charge in [0.05, 0.1) is 7.11 Å². The van der Waals surface area contributed by atoms with Gasteiger partial charge in [-0.2, -0.15) is 0 Å². The highest BCUT2D eigenvalue weighted by Gasteiger charge is 2.13. The van der Waals surface area contributed by atoms with Crippen LogP contribution < -0.4 is 19.5 Å². The number of nitrogens with one attached hydrogen (secondary N) is 1. The summed E-state index contributed by atoms with van der Waals surface area (Å²) in [4.78, 5) is 12.2. The van der Waals surface area contributed by atoms with E-state index in [1.54, 1.807) is 37.5 Å². The van der Waals surface area contributed by atoms with Crippen LogP contribution in [-0.4, -0.2) is 19.7 Å². The first kappa shape index (κ1) is 15.9. The molecule has 2 aromatic carbocycles. The predicted molar refractivity (Wildman–Crippen MR) is 90.5 cm³/mol. The van der Waals surface area contributed by atoms with Gasteiger partial charge in [-0.05, 0) is 48.9 Å². The van der Waals surface area contributed by atoms with Crippen LogP contribution in [-0.2, 0) is 6.54 Å². The molecule has 0 fully saturated rings. The number of benzene rings is 2. The number of fused-ring (bicyclic) bond motifs is 1. The molecule has 0 aromatic heterocycles. The van der Waals surface area contributed by atoms with Crippen molar-refractivity contribution in [1.29, 1.82) is 0 Å². The number of ketones is 1. The molecular weight excluding hydrogens is 306 g/mol. The van der Waals surface area contributed by atoms with E-state index in [1.807, 2.05) is 25.1 Å². The molecule has 1 N–H and O–H groups in total. The first-order valence-electron chi connectivity index (χ1n) is 7.65. The van der Waals surface area contributed by atoms with Crippen LogP contribution >= 0.6 is 0 Å². The molecule has 1 heterocycles. The van der Waals surface area contributed by atoms with E-state index in [-0.39, 0.29) is 12.6 Å². The Labute approximate surface area is 140 Å². The minimum atomic E-state index is -0.0478. The molecular formula is C19H19NO4. The predicted octanol–water partition coefficient (Wildman–Crippen LogP) is 3.30. The third-order valence-electron chi connectivity index (χ3n) is 3.73. The minimum Gasteiger partial charge on any atom is -0.497 e. The van der Waals surface area contributed by atoms with E-state index >= 15 is 0 Å². The summed E-state index contributed by atoms with van der Waals surface area (Å²) in [5, 5.41) is 3.23. The van der Waals surface area contributed by atoms with E-state index < -0.39 is 0 Å². The Morgan fingerprint density at radius 1 is 1.17 bits per heavy atom. The zero-order chi connectivity index (χ0) is 16.9. The topological polar surface area (TPSA) is 56.8 Å². The molecule has 1 aliphatic rings. The van der Waals surface area contributed by atoms with Crippen molar-refractivity contribution in [1.82, 2.24) is 5.32 Å². The lowest BCUT2D eigenvalue weighted by Gasteiger charge is -2.08. The van der Waals surface area contributed by atoms with Gasteiger partial charge in [0, 0.05) is 23.9 Å². The van der Waals surface area contributed by atoms with Crippen LogP contribution in [0.15, 0.2) is 54.2 Å². The van der Waals surface area contributed by atoms with Gasteiger partial charge in [0.25, 0.3) is 0 Å². The van der Waals surface area contributed by atoms with Crippen molar-refractivity contribution in [2.24, 2.45) is 0 Å². The van der Waals surface area contributed by atoms with E-state index in [2.05, 4.69) is 5.32 Å². The van der Waals surface area contributed by atoms with Gasteiger partial charge >= 0.3 is 0 Å². The maximum absolute atomic E-state index is 12.2. The Morgan fingerprint density at radius 2 is 1.92 bits per heavy atom. The summed E-state index contributed by atoms with van der Waals surface area (Å²) in [7, 11) is 1.60. The molecule has 0 spiro atoms. The van der Waals surface area contributed by atoms with E-state index in [4.69, 9.17) is 14.2 Å². The molecule has 1 aliphatic heterocycles. The highest BCUT2D eigenvalue weighted by Crippen LogP contribution is 2.32. The summed E-state index contributed by atoms with van der Waals surface area (Å²) in [6, 6.07) is 12.9. The molecule has 0 amide bonds. The Balaban J connectivity index is 1.60. The van der Waals surface area contributed by atoms with Crippen LogP contribution in [0.4, 0.5) is 0 Å². The summed E-state index contributed by atoms with van der Waals surface area (Å²) in [5.41, 5.74) is 2.48. The molecule has 0 aliphatic carbocycles. The van der Waals surface area contributed by atoms with Crippen molar-refractivity contribution in [3.05, 3.63) is 65.4 Å². The van der Waals surface area contributed by atoms with Gasteiger partial charge in [-0.25, -0.2) is 0 Å². The van der Waals surface area contributed by atoms with E-state index in [0.29, 0.717) is 12.1 Å². The van der Waals surface area contributed by atoms with Gasteiger partial charge in [-0.15, -0.1) is 0 Å². The van der Waals surface area contributed by atoms with Gasteiger partial charge in [0.15, 0.2) is 17.3 Å². The average molecular weight is 325 g/mol. The van der Waals surface area contributed by atoms with Crippen LogP contribution in [0.5, 0.6) is 17.2 Å². The SMILES string of the molecule is COc1ccc(C(=O)/C=C(/C)NCc2ccc3c(c2)OCO3)cc1. The quantitative estimate of drug-likeness (QED) is 0.652. The monoisotopic (exact) mass is 325 g/mol. The molecule has 0 saturated carbocycles. The van der Waals surface area contributed by atoms with E-state index in [9.17, 15) is 4.79 Å². The molecule has 5 heteroatoms. The number of ether oxygens (including phenoxy) is 3. The van der Waals surface area contributed by atoms with Crippen molar-refractivity contribution in [3.8, 4) is 17.2 Å². The third kappa shape index (κ3) is 3.68.